The monoisotopic (exact) mass is 408 g/mol. The van der Waals surface area contributed by atoms with Crippen LogP contribution in [0.2, 0.25) is 0 Å². The lowest BCUT2D eigenvalue weighted by Crippen LogP contribution is -2.49. The van der Waals surface area contributed by atoms with Gasteiger partial charge in [-0.1, -0.05) is 51.5 Å². The third kappa shape index (κ3) is 6.04. The van der Waals surface area contributed by atoms with E-state index in [0.717, 1.165) is 55.5 Å². The second-order valence-electron chi connectivity index (χ2n) is 10.0. The minimum absolute atomic E-state index is 0.262. The van der Waals surface area contributed by atoms with Gasteiger partial charge in [-0.25, -0.2) is 9.97 Å². The van der Waals surface area contributed by atoms with Gasteiger partial charge >= 0.3 is 0 Å². The van der Waals surface area contributed by atoms with Gasteiger partial charge in [-0.15, -0.1) is 0 Å². The zero-order valence-corrected chi connectivity index (χ0v) is 19.4. The number of nitrogens with zero attached hydrogens (tertiary/aromatic N) is 4. The summed E-state index contributed by atoms with van der Waals surface area (Å²) in [6.45, 7) is 16.1. The van der Waals surface area contributed by atoms with Crippen LogP contribution in [0.5, 0.6) is 0 Å². The number of carbonyl (C=O) groups excluding carboxylic acids is 1. The highest BCUT2D eigenvalue weighted by Gasteiger charge is 2.25. The van der Waals surface area contributed by atoms with Crippen molar-refractivity contribution in [2.75, 3.05) is 31.1 Å². The molecule has 0 bridgehead atoms. The largest absolute Gasteiger partial charge is 0.353 e. The van der Waals surface area contributed by atoms with Crippen molar-refractivity contribution in [2.24, 2.45) is 11.3 Å². The van der Waals surface area contributed by atoms with E-state index in [1.165, 1.54) is 5.56 Å². The van der Waals surface area contributed by atoms with Crippen LogP contribution in [0, 0.1) is 25.2 Å². The molecule has 1 aliphatic rings. The molecule has 3 rings (SSSR count). The number of benzene rings is 1. The molecule has 1 aromatic heterocycles. The van der Waals surface area contributed by atoms with Gasteiger partial charge in [0.1, 0.15) is 5.82 Å². The molecule has 1 aromatic carbocycles. The fourth-order valence-electron chi connectivity index (χ4n) is 4.36. The van der Waals surface area contributed by atoms with E-state index in [2.05, 4.69) is 62.7 Å². The summed E-state index contributed by atoms with van der Waals surface area (Å²) in [7, 11) is 0. The molecule has 162 valence electrons. The molecule has 5 heteroatoms. The van der Waals surface area contributed by atoms with Gasteiger partial charge in [0.2, 0.25) is 5.91 Å². The van der Waals surface area contributed by atoms with Crippen LogP contribution in [0.15, 0.2) is 30.3 Å². The first-order valence-corrected chi connectivity index (χ1v) is 11.1. The topological polar surface area (TPSA) is 49.3 Å². The number of hydrogen-bond acceptors (Lipinski definition) is 4. The molecule has 0 N–H and O–H groups in total. The first kappa shape index (κ1) is 22.3. The van der Waals surface area contributed by atoms with E-state index in [4.69, 9.17) is 4.98 Å². The van der Waals surface area contributed by atoms with Crippen molar-refractivity contribution in [3.8, 4) is 11.4 Å². The third-order valence-corrected chi connectivity index (χ3v) is 5.56. The molecule has 5 nitrogen and oxygen atoms in total. The quantitative estimate of drug-likeness (QED) is 0.708. The van der Waals surface area contributed by atoms with Crippen LogP contribution >= 0.6 is 0 Å². The molecule has 30 heavy (non-hydrogen) atoms. The standard InChI is InChI=1S/C25H36N4O/c1-18-8-7-9-21(14-18)24-26-20(3)16-22(27-24)28-10-12-29(13-11-28)23(30)15-19(2)17-25(4,5)6/h7-9,14,16,19H,10-13,15,17H2,1-6H3/t19-/m1/s1. The van der Waals surface area contributed by atoms with Crippen molar-refractivity contribution < 1.29 is 4.79 Å². The Morgan fingerprint density at radius 2 is 1.77 bits per heavy atom. The fraction of sp³-hybridized carbons (Fsp3) is 0.560. The summed E-state index contributed by atoms with van der Waals surface area (Å²) >= 11 is 0. The van der Waals surface area contributed by atoms with E-state index >= 15 is 0 Å². The van der Waals surface area contributed by atoms with Gasteiger partial charge in [0.05, 0.1) is 0 Å². The average molecular weight is 409 g/mol. The summed E-state index contributed by atoms with van der Waals surface area (Å²) in [5.74, 6) is 2.41. The molecule has 1 atom stereocenters. The van der Waals surface area contributed by atoms with E-state index in [1.54, 1.807) is 0 Å². The van der Waals surface area contributed by atoms with Crippen molar-refractivity contribution in [1.29, 1.82) is 0 Å². The zero-order chi connectivity index (χ0) is 21.9. The average Bonchev–Trinajstić information content (AvgIpc) is 2.66. The van der Waals surface area contributed by atoms with Crippen LogP contribution in [0.25, 0.3) is 11.4 Å². The minimum atomic E-state index is 0.262. The molecule has 2 heterocycles. The molecule has 1 saturated heterocycles. The summed E-state index contributed by atoms with van der Waals surface area (Å²) in [5.41, 5.74) is 3.47. The molecule has 0 unspecified atom stereocenters. The maximum Gasteiger partial charge on any atom is 0.222 e. The maximum absolute atomic E-state index is 12.7. The minimum Gasteiger partial charge on any atom is -0.353 e. The highest BCUT2D eigenvalue weighted by molar-refractivity contribution is 5.76. The summed E-state index contributed by atoms with van der Waals surface area (Å²) < 4.78 is 0. The smallest absolute Gasteiger partial charge is 0.222 e. The van der Waals surface area contributed by atoms with Crippen LogP contribution in [-0.4, -0.2) is 47.0 Å². The Labute approximate surface area is 181 Å². The fourth-order valence-corrected chi connectivity index (χ4v) is 4.36. The molecular weight excluding hydrogens is 372 g/mol. The maximum atomic E-state index is 12.7. The number of piperazine rings is 1. The normalized spacial score (nSPS) is 15.9. The first-order chi connectivity index (χ1) is 14.1. The molecule has 1 amide bonds. The van der Waals surface area contributed by atoms with E-state index in [0.29, 0.717) is 12.3 Å². The zero-order valence-electron chi connectivity index (χ0n) is 19.4. The predicted molar refractivity (Wildman–Crippen MR) is 124 cm³/mol. The Balaban J connectivity index is 1.63. The Hall–Kier alpha value is -2.43. The van der Waals surface area contributed by atoms with E-state index in [-0.39, 0.29) is 11.3 Å². The van der Waals surface area contributed by atoms with Gasteiger partial charge in [-0.2, -0.15) is 0 Å². The molecule has 0 aliphatic carbocycles. The number of hydrogen-bond donors (Lipinski definition) is 0. The van der Waals surface area contributed by atoms with Crippen LogP contribution in [0.4, 0.5) is 5.82 Å². The van der Waals surface area contributed by atoms with Gasteiger partial charge in [0.15, 0.2) is 5.82 Å². The lowest BCUT2D eigenvalue weighted by Gasteiger charge is -2.36. The van der Waals surface area contributed by atoms with Gasteiger partial charge < -0.3 is 9.80 Å². The number of anilines is 1. The predicted octanol–water partition coefficient (Wildman–Crippen LogP) is 4.87. The second-order valence-corrected chi connectivity index (χ2v) is 10.0. The third-order valence-electron chi connectivity index (χ3n) is 5.56. The molecule has 1 fully saturated rings. The Kier molecular flexibility index (Phi) is 6.79. The summed E-state index contributed by atoms with van der Waals surface area (Å²) in [6.07, 6.45) is 1.71. The van der Waals surface area contributed by atoms with Crippen molar-refractivity contribution in [3.63, 3.8) is 0 Å². The molecule has 2 aromatic rings. The second kappa shape index (κ2) is 9.15. The molecule has 0 spiro atoms. The molecule has 0 saturated carbocycles. The lowest BCUT2D eigenvalue weighted by atomic mass is 9.84. The summed E-state index contributed by atoms with van der Waals surface area (Å²) in [6, 6.07) is 10.3. The van der Waals surface area contributed by atoms with Gasteiger partial charge in [-0.3, -0.25) is 4.79 Å². The number of aromatic nitrogens is 2. The van der Waals surface area contributed by atoms with Crippen LogP contribution in [-0.2, 0) is 4.79 Å². The number of aryl methyl sites for hydroxylation is 2. The Morgan fingerprint density at radius 3 is 2.40 bits per heavy atom. The van der Waals surface area contributed by atoms with Gasteiger partial charge in [0.25, 0.3) is 0 Å². The number of amides is 1. The van der Waals surface area contributed by atoms with Crippen molar-refractivity contribution in [2.45, 2.75) is 54.4 Å². The molecule has 1 aliphatic heterocycles. The van der Waals surface area contributed by atoms with Gasteiger partial charge in [-0.05, 0) is 37.7 Å². The SMILES string of the molecule is Cc1cccc(-c2nc(C)cc(N3CCN(C(=O)C[C@@H](C)CC(C)(C)C)CC3)n2)c1. The Morgan fingerprint density at radius 1 is 1.07 bits per heavy atom. The van der Waals surface area contributed by atoms with Gasteiger partial charge in [0, 0.05) is 49.9 Å². The first-order valence-electron chi connectivity index (χ1n) is 11.1. The molecule has 0 radical (unpaired) electrons. The van der Waals surface area contributed by atoms with E-state index < -0.39 is 0 Å². The highest BCUT2D eigenvalue weighted by atomic mass is 16.2. The Bertz CT molecular complexity index is 879. The lowest BCUT2D eigenvalue weighted by molar-refractivity contribution is -0.132. The van der Waals surface area contributed by atoms with Crippen LogP contribution in [0.3, 0.4) is 0 Å². The van der Waals surface area contributed by atoms with E-state index in [1.807, 2.05) is 24.0 Å². The van der Waals surface area contributed by atoms with Crippen LogP contribution < -0.4 is 4.90 Å². The van der Waals surface area contributed by atoms with Crippen molar-refractivity contribution >= 4 is 11.7 Å². The van der Waals surface area contributed by atoms with Crippen molar-refractivity contribution in [1.82, 2.24) is 14.9 Å². The van der Waals surface area contributed by atoms with Crippen molar-refractivity contribution in [3.05, 3.63) is 41.6 Å². The summed E-state index contributed by atoms with van der Waals surface area (Å²) in [5, 5.41) is 0. The van der Waals surface area contributed by atoms with E-state index in [9.17, 15) is 4.79 Å². The van der Waals surface area contributed by atoms with Crippen LogP contribution in [0.1, 0.15) is 51.8 Å². The molecular formula is C25H36N4O. The summed E-state index contributed by atoms with van der Waals surface area (Å²) in [4.78, 5) is 26.5. The highest BCUT2D eigenvalue weighted by Crippen LogP contribution is 2.27. The number of carbonyl (C=O) groups is 1. The number of rotatable bonds is 5.